The summed E-state index contributed by atoms with van der Waals surface area (Å²) in [6, 6.07) is 8.78. The Morgan fingerprint density at radius 1 is 1.35 bits per heavy atom. The average Bonchev–Trinajstić information content (AvgIpc) is 3.01. The number of hydrogen-bond acceptors (Lipinski definition) is 3. The molecule has 0 radical (unpaired) electrons. The second kappa shape index (κ2) is 6.40. The van der Waals surface area contributed by atoms with Crippen LogP contribution in [0.5, 0.6) is 0 Å². The number of anilines is 1. The monoisotopic (exact) mass is 286 g/mol. The molecule has 2 nitrogen and oxygen atoms in total. The largest absolute Gasteiger partial charge is 0.348 e. The van der Waals surface area contributed by atoms with Gasteiger partial charge in [0.1, 0.15) is 0 Å². The van der Waals surface area contributed by atoms with E-state index in [1.165, 1.54) is 55.0 Å². The average molecular weight is 286 g/mol. The SMILES string of the molecule is Cc1ccccc1CCC1CCCN(c2nccs2)C1. The van der Waals surface area contributed by atoms with Crippen molar-refractivity contribution in [2.45, 2.75) is 32.6 Å². The van der Waals surface area contributed by atoms with Crippen LogP contribution < -0.4 is 4.90 Å². The van der Waals surface area contributed by atoms with Crippen molar-refractivity contribution in [3.8, 4) is 0 Å². The van der Waals surface area contributed by atoms with Crippen molar-refractivity contribution in [1.29, 1.82) is 0 Å². The fourth-order valence-corrected chi connectivity index (χ4v) is 3.78. The summed E-state index contributed by atoms with van der Waals surface area (Å²) >= 11 is 1.76. The molecular weight excluding hydrogens is 264 g/mol. The molecule has 1 atom stereocenters. The normalized spacial score (nSPS) is 19.2. The zero-order valence-corrected chi connectivity index (χ0v) is 12.9. The molecule has 1 aromatic carbocycles. The predicted molar refractivity (Wildman–Crippen MR) is 86.6 cm³/mol. The van der Waals surface area contributed by atoms with Gasteiger partial charge in [-0.2, -0.15) is 0 Å². The standard InChI is InChI=1S/C17H22N2S/c1-14-5-2-3-7-16(14)9-8-15-6-4-11-19(13-15)17-18-10-12-20-17/h2-3,5,7,10,12,15H,4,6,8-9,11,13H2,1H3. The third-order valence-corrected chi connectivity index (χ3v) is 5.12. The van der Waals surface area contributed by atoms with Crippen LogP contribution in [0.3, 0.4) is 0 Å². The van der Waals surface area contributed by atoms with Crippen molar-refractivity contribution < 1.29 is 0 Å². The lowest BCUT2D eigenvalue weighted by Gasteiger charge is -2.32. The minimum Gasteiger partial charge on any atom is -0.348 e. The number of aryl methyl sites for hydroxylation is 2. The first kappa shape index (κ1) is 13.6. The maximum absolute atomic E-state index is 4.45. The van der Waals surface area contributed by atoms with Crippen LogP contribution >= 0.6 is 11.3 Å². The van der Waals surface area contributed by atoms with Gasteiger partial charge in [0.25, 0.3) is 0 Å². The van der Waals surface area contributed by atoms with Crippen LogP contribution in [0, 0.1) is 12.8 Å². The van der Waals surface area contributed by atoms with Gasteiger partial charge >= 0.3 is 0 Å². The Morgan fingerprint density at radius 3 is 3.05 bits per heavy atom. The van der Waals surface area contributed by atoms with Crippen LogP contribution in [0.2, 0.25) is 0 Å². The van der Waals surface area contributed by atoms with Gasteiger partial charge in [-0.3, -0.25) is 0 Å². The Morgan fingerprint density at radius 2 is 2.25 bits per heavy atom. The summed E-state index contributed by atoms with van der Waals surface area (Å²) < 4.78 is 0. The van der Waals surface area contributed by atoms with Crippen LogP contribution in [0.25, 0.3) is 0 Å². The Balaban J connectivity index is 1.57. The lowest BCUT2D eigenvalue weighted by atomic mass is 9.91. The summed E-state index contributed by atoms with van der Waals surface area (Å²) in [6.07, 6.45) is 7.10. The summed E-state index contributed by atoms with van der Waals surface area (Å²) in [6.45, 7) is 4.58. The van der Waals surface area contributed by atoms with Gasteiger partial charge in [0.15, 0.2) is 5.13 Å². The van der Waals surface area contributed by atoms with Gasteiger partial charge in [-0.25, -0.2) is 4.98 Å². The number of piperidine rings is 1. The number of nitrogens with zero attached hydrogens (tertiary/aromatic N) is 2. The van der Waals surface area contributed by atoms with E-state index in [2.05, 4.69) is 46.5 Å². The van der Waals surface area contributed by atoms with E-state index in [1.54, 1.807) is 11.3 Å². The van der Waals surface area contributed by atoms with E-state index in [4.69, 9.17) is 0 Å². The topological polar surface area (TPSA) is 16.1 Å². The molecule has 0 spiro atoms. The highest BCUT2D eigenvalue weighted by atomic mass is 32.1. The van der Waals surface area contributed by atoms with E-state index < -0.39 is 0 Å². The van der Waals surface area contributed by atoms with E-state index in [-0.39, 0.29) is 0 Å². The van der Waals surface area contributed by atoms with Gasteiger partial charge in [-0.1, -0.05) is 24.3 Å². The van der Waals surface area contributed by atoms with Crippen molar-refractivity contribution in [2.24, 2.45) is 5.92 Å². The summed E-state index contributed by atoms with van der Waals surface area (Å²) in [4.78, 5) is 6.92. The van der Waals surface area contributed by atoms with Crippen LogP contribution in [0.1, 0.15) is 30.4 Å². The zero-order valence-electron chi connectivity index (χ0n) is 12.1. The molecular formula is C17H22N2S. The maximum atomic E-state index is 4.45. The molecule has 1 saturated heterocycles. The Hall–Kier alpha value is -1.35. The molecule has 0 aliphatic carbocycles. The molecule has 2 heterocycles. The first-order valence-corrected chi connectivity index (χ1v) is 8.40. The molecule has 1 aromatic heterocycles. The molecule has 0 bridgehead atoms. The highest BCUT2D eigenvalue weighted by Gasteiger charge is 2.21. The number of hydrogen-bond donors (Lipinski definition) is 0. The molecule has 1 fully saturated rings. The predicted octanol–water partition coefficient (Wildman–Crippen LogP) is 4.30. The Labute approximate surface area is 125 Å². The second-order valence-electron chi connectivity index (χ2n) is 5.73. The van der Waals surface area contributed by atoms with Gasteiger partial charge in [0.05, 0.1) is 0 Å². The Kier molecular flexibility index (Phi) is 4.36. The van der Waals surface area contributed by atoms with Crippen LogP contribution in [0.4, 0.5) is 5.13 Å². The third-order valence-electron chi connectivity index (χ3n) is 4.29. The maximum Gasteiger partial charge on any atom is 0.185 e. The van der Waals surface area contributed by atoms with E-state index in [0.29, 0.717) is 0 Å². The van der Waals surface area contributed by atoms with Crippen molar-refractivity contribution in [2.75, 3.05) is 18.0 Å². The molecule has 0 amide bonds. The molecule has 0 N–H and O–H groups in total. The number of rotatable bonds is 4. The lowest BCUT2D eigenvalue weighted by molar-refractivity contribution is 0.391. The van der Waals surface area contributed by atoms with Crippen LogP contribution in [0.15, 0.2) is 35.8 Å². The highest BCUT2D eigenvalue weighted by Crippen LogP contribution is 2.27. The van der Waals surface area contributed by atoms with Gasteiger partial charge in [-0.15, -0.1) is 11.3 Å². The van der Waals surface area contributed by atoms with Crippen molar-refractivity contribution in [3.63, 3.8) is 0 Å². The Bertz CT molecular complexity index is 536. The lowest BCUT2D eigenvalue weighted by Crippen LogP contribution is -2.35. The molecule has 20 heavy (non-hydrogen) atoms. The fraction of sp³-hybridized carbons (Fsp3) is 0.471. The first-order chi connectivity index (χ1) is 9.83. The molecule has 3 heteroatoms. The summed E-state index contributed by atoms with van der Waals surface area (Å²) in [5.41, 5.74) is 2.94. The zero-order chi connectivity index (χ0) is 13.8. The number of benzene rings is 1. The molecule has 3 rings (SSSR count). The van der Waals surface area contributed by atoms with E-state index in [9.17, 15) is 0 Å². The summed E-state index contributed by atoms with van der Waals surface area (Å²) in [5, 5.41) is 3.28. The smallest absolute Gasteiger partial charge is 0.185 e. The van der Waals surface area contributed by atoms with E-state index in [1.807, 2.05) is 6.20 Å². The number of thiazole rings is 1. The third kappa shape index (κ3) is 3.21. The molecule has 1 aliphatic rings. The molecule has 106 valence electrons. The van der Waals surface area contributed by atoms with Gasteiger partial charge in [0, 0.05) is 24.7 Å². The van der Waals surface area contributed by atoms with Crippen LogP contribution in [-0.2, 0) is 6.42 Å². The summed E-state index contributed by atoms with van der Waals surface area (Å²) in [5.74, 6) is 0.812. The van der Waals surface area contributed by atoms with Gasteiger partial charge < -0.3 is 4.90 Å². The quantitative estimate of drug-likeness (QED) is 0.833. The van der Waals surface area contributed by atoms with E-state index >= 15 is 0 Å². The molecule has 1 aliphatic heterocycles. The minimum absolute atomic E-state index is 0.812. The van der Waals surface area contributed by atoms with Gasteiger partial charge in [0.2, 0.25) is 0 Å². The minimum atomic E-state index is 0.812. The second-order valence-corrected chi connectivity index (χ2v) is 6.61. The number of aromatic nitrogens is 1. The van der Waals surface area contributed by atoms with Crippen LogP contribution in [-0.4, -0.2) is 18.1 Å². The fourth-order valence-electron chi connectivity index (χ4n) is 3.10. The highest BCUT2D eigenvalue weighted by molar-refractivity contribution is 7.13. The molecule has 1 unspecified atom stereocenters. The summed E-state index contributed by atoms with van der Waals surface area (Å²) in [7, 11) is 0. The van der Waals surface area contributed by atoms with Crippen molar-refractivity contribution >= 4 is 16.5 Å². The molecule has 2 aromatic rings. The van der Waals surface area contributed by atoms with Gasteiger partial charge in [-0.05, 0) is 49.7 Å². The van der Waals surface area contributed by atoms with E-state index in [0.717, 1.165) is 5.92 Å². The first-order valence-electron chi connectivity index (χ1n) is 7.52. The van der Waals surface area contributed by atoms with Crippen molar-refractivity contribution in [3.05, 3.63) is 47.0 Å². The molecule has 0 saturated carbocycles. The van der Waals surface area contributed by atoms with Crippen molar-refractivity contribution in [1.82, 2.24) is 4.98 Å².